The Hall–Kier alpha value is -3.61. The van der Waals surface area contributed by atoms with Crippen LogP contribution in [0.25, 0.3) is 0 Å². The molecule has 0 saturated heterocycles. The number of para-hydroxylation sites is 1. The zero-order chi connectivity index (χ0) is 16.9. The van der Waals surface area contributed by atoms with Gasteiger partial charge in [0.1, 0.15) is 17.8 Å². The summed E-state index contributed by atoms with van der Waals surface area (Å²) >= 11 is 0. The van der Waals surface area contributed by atoms with Gasteiger partial charge >= 0.3 is 5.97 Å². The number of aromatic nitrogens is 2. The number of carboxylic acid groups (broad SMARTS) is 1. The van der Waals surface area contributed by atoms with Crippen LogP contribution in [0.15, 0.2) is 60.9 Å². The van der Waals surface area contributed by atoms with Gasteiger partial charge in [-0.05, 0) is 36.4 Å². The van der Waals surface area contributed by atoms with Crippen molar-refractivity contribution in [1.29, 1.82) is 0 Å². The van der Waals surface area contributed by atoms with E-state index in [1.165, 1.54) is 18.5 Å². The zero-order valence-corrected chi connectivity index (χ0v) is 12.5. The van der Waals surface area contributed by atoms with Crippen molar-refractivity contribution in [2.24, 2.45) is 0 Å². The summed E-state index contributed by atoms with van der Waals surface area (Å²) in [6.45, 7) is 0. The van der Waals surface area contributed by atoms with Crippen LogP contribution >= 0.6 is 0 Å². The van der Waals surface area contributed by atoms with Crippen molar-refractivity contribution in [3.63, 3.8) is 0 Å². The van der Waals surface area contributed by atoms with Crippen LogP contribution in [0.4, 0.5) is 17.2 Å². The molecule has 0 aliphatic rings. The summed E-state index contributed by atoms with van der Waals surface area (Å²) in [5.74, 6) is 0.237. The molecule has 0 unspecified atom stereocenters. The molecule has 3 rings (SSSR count). The first kappa shape index (κ1) is 15.3. The smallest absolute Gasteiger partial charge is 0.335 e. The molecule has 0 amide bonds. The first-order chi connectivity index (χ1) is 11.6. The number of hydrogen-bond acceptors (Lipinski definition) is 6. The van der Waals surface area contributed by atoms with Crippen molar-refractivity contribution in [3.8, 4) is 11.6 Å². The number of nitrogens with one attached hydrogen (secondary N) is 1. The van der Waals surface area contributed by atoms with E-state index in [9.17, 15) is 4.79 Å². The lowest BCUT2D eigenvalue weighted by atomic mass is 10.2. The third-order valence-electron chi connectivity index (χ3n) is 3.20. The van der Waals surface area contributed by atoms with E-state index in [1.54, 1.807) is 24.3 Å². The van der Waals surface area contributed by atoms with Crippen LogP contribution in [0.2, 0.25) is 0 Å². The molecule has 7 heteroatoms. The van der Waals surface area contributed by atoms with Crippen molar-refractivity contribution in [1.82, 2.24) is 9.97 Å². The highest BCUT2D eigenvalue weighted by Gasteiger charge is 2.11. The Kier molecular flexibility index (Phi) is 4.24. The minimum Gasteiger partial charge on any atom is -0.478 e. The Balaban J connectivity index is 1.81. The van der Waals surface area contributed by atoms with Crippen LogP contribution in [0.1, 0.15) is 10.4 Å². The van der Waals surface area contributed by atoms with Gasteiger partial charge in [-0.2, -0.15) is 4.98 Å². The van der Waals surface area contributed by atoms with Gasteiger partial charge in [-0.1, -0.05) is 18.2 Å². The van der Waals surface area contributed by atoms with E-state index in [0.29, 0.717) is 17.3 Å². The number of carbonyl (C=O) groups is 1. The van der Waals surface area contributed by atoms with Crippen molar-refractivity contribution in [3.05, 3.63) is 66.5 Å². The lowest BCUT2D eigenvalue weighted by Crippen LogP contribution is -2.03. The second-order valence-corrected chi connectivity index (χ2v) is 4.86. The van der Waals surface area contributed by atoms with Crippen LogP contribution in [-0.4, -0.2) is 21.0 Å². The first-order valence-electron chi connectivity index (χ1n) is 7.07. The number of benzene rings is 2. The number of carboxylic acids is 1. The van der Waals surface area contributed by atoms with Gasteiger partial charge in [-0.3, -0.25) is 0 Å². The summed E-state index contributed by atoms with van der Waals surface area (Å²) in [5, 5.41) is 11.9. The Bertz CT molecular complexity index is 851. The van der Waals surface area contributed by atoms with Crippen molar-refractivity contribution < 1.29 is 14.6 Å². The molecule has 24 heavy (non-hydrogen) atoms. The fraction of sp³-hybridized carbons (Fsp3) is 0. The minimum absolute atomic E-state index is 0.198. The van der Waals surface area contributed by atoms with Crippen molar-refractivity contribution in [2.75, 3.05) is 11.1 Å². The number of nitrogens with two attached hydrogens (primary N) is 1. The number of anilines is 3. The van der Waals surface area contributed by atoms with Gasteiger partial charge in [-0.15, -0.1) is 0 Å². The van der Waals surface area contributed by atoms with Crippen LogP contribution in [0.5, 0.6) is 11.6 Å². The largest absolute Gasteiger partial charge is 0.478 e. The molecular formula is C17H14N4O3. The molecule has 120 valence electrons. The molecule has 0 bridgehead atoms. The van der Waals surface area contributed by atoms with Gasteiger partial charge in [0.05, 0.1) is 5.56 Å². The third kappa shape index (κ3) is 3.41. The summed E-state index contributed by atoms with van der Waals surface area (Å²) in [7, 11) is 0. The van der Waals surface area contributed by atoms with Crippen LogP contribution in [0, 0.1) is 0 Å². The van der Waals surface area contributed by atoms with Crippen molar-refractivity contribution >= 4 is 23.2 Å². The van der Waals surface area contributed by atoms with E-state index in [2.05, 4.69) is 15.3 Å². The van der Waals surface area contributed by atoms with Crippen LogP contribution in [0.3, 0.4) is 0 Å². The third-order valence-corrected chi connectivity index (χ3v) is 3.20. The summed E-state index contributed by atoms with van der Waals surface area (Å²) in [4.78, 5) is 19.0. The average molecular weight is 322 g/mol. The molecule has 3 aromatic rings. The van der Waals surface area contributed by atoms with E-state index in [4.69, 9.17) is 15.6 Å². The summed E-state index contributed by atoms with van der Waals surface area (Å²) in [6, 6.07) is 15.4. The zero-order valence-electron chi connectivity index (χ0n) is 12.5. The SMILES string of the molecule is Nc1c(Nc2ccc(C(=O)O)cc2)ncnc1Oc1ccccc1. The molecule has 7 nitrogen and oxygen atoms in total. The maximum absolute atomic E-state index is 10.9. The van der Waals surface area contributed by atoms with Gasteiger partial charge in [0.2, 0.25) is 5.88 Å². The average Bonchev–Trinajstić information content (AvgIpc) is 2.60. The number of nitrogen functional groups attached to an aromatic ring is 1. The minimum atomic E-state index is -0.985. The quantitative estimate of drug-likeness (QED) is 0.661. The fourth-order valence-corrected chi connectivity index (χ4v) is 1.99. The highest BCUT2D eigenvalue weighted by atomic mass is 16.5. The monoisotopic (exact) mass is 322 g/mol. The number of rotatable bonds is 5. The van der Waals surface area contributed by atoms with Gasteiger partial charge in [-0.25, -0.2) is 9.78 Å². The summed E-state index contributed by atoms with van der Waals surface area (Å²) < 4.78 is 5.64. The van der Waals surface area contributed by atoms with Gasteiger partial charge in [0.25, 0.3) is 0 Å². The Morgan fingerprint density at radius 2 is 1.75 bits per heavy atom. The van der Waals surface area contributed by atoms with Gasteiger partial charge in [0, 0.05) is 5.69 Å². The molecule has 0 fully saturated rings. The molecule has 0 spiro atoms. The van der Waals surface area contributed by atoms with Crippen LogP contribution in [-0.2, 0) is 0 Å². The predicted molar refractivity (Wildman–Crippen MR) is 89.6 cm³/mol. The standard InChI is InChI=1S/C17H14N4O3/c18-14-15(21-12-8-6-11(7-9-12)17(22)23)19-10-20-16(14)24-13-4-2-1-3-5-13/h1-10H,18H2,(H,22,23)(H,19,20,21). The molecule has 4 N–H and O–H groups in total. The second-order valence-electron chi connectivity index (χ2n) is 4.86. The van der Waals surface area contributed by atoms with Gasteiger partial charge < -0.3 is 20.9 Å². The van der Waals surface area contributed by atoms with E-state index in [0.717, 1.165) is 0 Å². The Morgan fingerprint density at radius 1 is 1.04 bits per heavy atom. The molecular weight excluding hydrogens is 308 g/mol. The molecule has 0 aliphatic heterocycles. The number of aromatic carboxylic acids is 1. The number of ether oxygens (including phenoxy) is 1. The molecule has 0 atom stereocenters. The number of nitrogens with zero attached hydrogens (tertiary/aromatic N) is 2. The first-order valence-corrected chi connectivity index (χ1v) is 7.07. The lowest BCUT2D eigenvalue weighted by molar-refractivity contribution is 0.0697. The maximum atomic E-state index is 10.9. The molecule has 1 heterocycles. The predicted octanol–water partition coefficient (Wildman–Crippen LogP) is 3.29. The fourth-order valence-electron chi connectivity index (χ4n) is 1.99. The van der Waals surface area contributed by atoms with E-state index in [1.807, 2.05) is 18.2 Å². The summed E-state index contributed by atoms with van der Waals surface area (Å²) in [5.41, 5.74) is 7.15. The highest BCUT2D eigenvalue weighted by molar-refractivity contribution is 5.88. The molecule has 0 radical (unpaired) electrons. The molecule has 1 aromatic heterocycles. The van der Waals surface area contributed by atoms with E-state index < -0.39 is 5.97 Å². The van der Waals surface area contributed by atoms with Gasteiger partial charge in [0.15, 0.2) is 5.82 Å². The van der Waals surface area contributed by atoms with E-state index >= 15 is 0 Å². The summed E-state index contributed by atoms with van der Waals surface area (Å²) in [6.07, 6.45) is 1.34. The molecule has 0 aliphatic carbocycles. The maximum Gasteiger partial charge on any atom is 0.335 e. The van der Waals surface area contributed by atoms with Crippen LogP contribution < -0.4 is 15.8 Å². The highest BCUT2D eigenvalue weighted by Crippen LogP contribution is 2.30. The lowest BCUT2D eigenvalue weighted by Gasteiger charge is -2.11. The molecule has 0 saturated carbocycles. The number of hydrogen-bond donors (Lipinski definition) is 3. The molecule has 2 aromatic carbocycles. The Morgan fingerprint density at radius 3 is 2.42 bits per heavy atom. The topological polar surface area (TPSA) is 110 Å². The second kappa shape index (κ2) is 6.66. The van der Waals surface area contributed by atoms with E-state index in [-0.39, 0.29) is 17.1 Å². The Labute approximate surface area is 137 Å². The normalized spacial score (nSPS) is 10.2. The van der Waals surface area contributed by atoms with Crippen molar-refractivity contribution in [2.45, 2.75) is 0 Å².